The summed E-state index contributed by atoms with van der Waals surface area (Å²) in [7, 11) is 0. The second kappa shape index (κ2) is 17.1. The van der Waals surface area contributed by atoms with E-state index in [0.717, 1.165) is 44.6 Å². The number of hydrogen-bond acceptors (Lipinski definition) is 3. The number of rotatable bonds is 7. The van der Waals surface area contributed by atoms with Gasteiger partial charge in [-0.05, 0) is 88.4 Å². The Kier molecular flexibility index (Phi) is 9.01. The molecular formula is C58H52N3OPt-. The van der Waals surface area contributed by atoms with Crippen molar-refractivity contribution in [3.63, 3.8) is 0 Å². The molecular weight excluding hydrogens is 950 g/mol. The van der Waals surface area contributed by atoms with Crippen LogP contribution in [0, 0.1) is 19.9 Å². The number of para-hydroxylation sites is 1. The summed E-state index contributed by atoms with van der Waals surface area (Å²) in [6.07, 6.45) is 1.80. The summed E-state index contributed by atoms with van der Waals surface area (Å²) in [4.78, 5) is 10.3. The van der Waals surface area contributed by atoms with Crippen molar-refractivity contribution >= 4 is 11.0 Å². The molecule has 2 aromatic heterocycles. The van der Waals surface area contributed by atoms with Gasteiger partial charge in [0.25, 0.3) is 0 Å². The van der Waals surface area contributed by atoms with E-state index in [4.69, 9.17) is 22.3 Å². The SMILES string of the molecule is [2H]C([2H])([2H])C(c1ccc(-n2c(-c3cc(C)cc(C(C)(C)C)c3O)nc3c(-c4[c-]c(-c5cc(-c6ccc(C)cc6)ccn5)cc(-c5ccccc5)c4)cccc32)c(-c2ccccc2)c1)(C([2H])([2H])[2H])C([2H])([2H])[2H].[Pt]. The Morgan fingerprint density at radius 2 is 1.25 bits per heavy atom. The van der Waals surface area contributed by atoms with E-state index in [-0.39, 0.29) is 32.4 Å². The van der Waals surface area contributed by atoms with Crippen LogP contribution in [0.25, 0.3) is 83.9 Å². The zero-order chi connectivity index (χ0) is 50.8. The number of pyridine rings is 1. The molecule has 0 aliphatic rings. The standard InChI is InChI=1S/C58H52N3O.Pt/c1-37-22-24-40(25-23-37)42-28-29-59-51(35-42)45-33-43(39-16-11-9-12-17-39)32-44(34-45)47-20-15-21-53-54(47)60-56(49-30-38(2)31-50(55(49)62)58(6,7)8)61(53)52-27-26-46(57(3,4)5)36-48(52)41-18-13-10-14-19-41;/h9-33,35-36,62H,1-8H3;/q-1;/i3D3,4D3,5D3;. The van der Waals surface area contributed by atoms with Crippen LogP contribution in [0.15, 0.2) is 164 Å². The van der Waals surface area contributed by atoms with E-state index in [1.807, 2.05) is 105 Å². The molecule has 0 saturated carbocycles. The molecule has 0 spiro atoms. The zero-order valence-electron chi connectivity index (χ0n) is 44.7. The van der Waals surface area contributed by atoms with E-state index < -0.39 is 31.4 Å². The molecule has 63 heavy (non-hydrogen) atoms. The van der Waals surface area contributed by atoms with Crippen molar-refractivity contribution in [1.82, 2.24) is 14.5 Å². The maximum Gasteiger partial charge on any atom is 0.148 e. The van der Waals surface area contributed by atoms with Gasteiger partial charge in [-0.25, -0.2) is 4.98 Å². The Balaban J connectivity index is 0.00000693. The van der Waals surface area contributed by atoms with Gasteiger partial charge in [-0.15, -0.1) is 23.8 Å². The quantitative estimate of drug-likeness (QED) is 0.162. The topological polar surface area (TPSA) is 50.9 Å². The monoisotopic (exact) mass is 1010 g/mol. The number of nitrogens with zero attached hydrogens (tertiary/aromatic N) is 3. The molecule has 0 radical (unpaired) electrons. The maximum atomic E-state index is 12.4. The van der Waals surface area contributed by atoms with Gasteiger partial charge in [0.05, 0.1) is 22.3 Å². The number of aromatic nitrogens is 3. The molecule has 0 saturated heterocycles. The third-order valence-electron chi connectivity index (χ3n) is 11.4. The van der Waals surface area contributed by atoms with Gasteiger partial charge >= 0.3 is 0 Å². The first-order valence-corrected chi connectivity index (χ1v) is 20.7. The van der Waals surface area contributed by atoms with Crippen LogP contribution in [0.4, 0.5) is 0 Å². The molecule has 0 unspecified atom stereocenters. The predicted molar refractivity (Wildman–Crippen MR) is 259 cm³/mol. The molecule has 9 aromatic rings. The van der Waals surface area contributed by atoms with Gasteiger partial charge in [0.2, 0.25) is 0 Å². The molecule has 0 fully saturated rings. The summed E-state index contributed by atoms with van der Waals surface area (Å²) in [5.74, 6) is 0.356. The van der Waals surface area contributed by atoms with Crippen molar-refractivity contribution in [2.75, 3.05) is 0 Å². The number of phenols is 1. The number of fused-ring (bicyclic) bond motifs is 1. The van der Waals surface area contributed by atoms with Crippen LogP contribution < -0.4 is 0 Å². The number of imidazole rings is 1. The number of phenolic OH excluding ortho intramolecular Hbond substituents is 1. The van der Waals surface area contributed by atoms with Crippen molar-refractivity contribution < 1.29 is 38.5 Å². The van der Waals surface area contributed by atoms with Gasteiger partial charge in [0.15, 0.2) is 0 Å². The first kappa shape index (κ1) is 33.2. The first-order chi connectivity index (χ1) is 33.5. The van der Waals surface area contributed by atoms with Crippen LogP contribution in [0.3, 0.4) is 0 Å². The van der Waals surface area contributed by atoms with E-state index in [1.54, 1.807) is 36.5 Å². The minimum atomic E-state index is -3.49. The third kappa shape index (κ3) is 8.58. The number of hydrogen-bond donors (Lipinski definition) is 1. The molecule has 0 bridgehead atoms. The van der Waals surface area contributed by atoms with Gasteiger partial charge in [-0.1, -0.05) is 179 Å². The second-order valence-electron chi connectivity index (χ2n) is 17.1. The summed E-state index contributed by atoms with van der Waals surface area (Å²) < 4.78 is 79.2. The molecule has 0 atom stereocenters. The minimum Gasteiger partial charge on any atom is -0.507 e. The van der Waals surface area contributed by atoms with Gasteiger partial charge < -0.3 is 5.11 Å². The van der Waals surface area contributed by atoms with Crippen LogP contribution in [0.2, 0.25) is 0 Å². The molecule has 5 heteroatoms. The van der Waals surface area contributed by atoms with Crippen LogP contribution in [-0.4, -0.2) is 19.6 Å². The normalized spacial score (nSPS) is 14.5. The fourth-order valence-electron chi connectivity index (χ4n) is 8.23. The molecule has 316 valence electrons. The molecule has 0 amide bonds. The van der Waals surface area contributed by atoms with Crippen molar-refractivity contribution in [1.29, 1.82) is 0 Å². The van der Waals surface area contributed by atoms with Gasteiger partial charge in [0.1, 0.15) is 11.6 Å². The average Bonchev–Trinajstić information content (AvgIpc) is 3.71. The summed E-state index contributed by atoms with van der Waals surface area (Å²) in [5.41, 5.74) is 8.32. The van der Waals surface area contributed by atoms with Crippen molar-refractivity contribution in [2.45, 2.75) is 66.0 Å². The number of aromatic hydroxyl groups is 1. The smallest absolute Gasteiger partial charge is 0.148 e. The average molecular weight is 1010 g/mol. The molecule has 0 aliphatic carbocycles. The summed E-state index contributed by atoms with van der Waals surface area (Å²) in [6, 6.07) is 53.2. The summed E-state index contributed by atoms with van der Waals surface area (Å²) in [6.45, 7) is -0.400. The molecule has 9 rings (SSSR count). The van der Waals surface area contributed by atoms with Crippen molar-refractivity contribution in [2.24, 2.45) is 0 Å². The predicted octanol–water partition coefficient (Wildman–Crippen LogP) is 15.1. The van der Waals surface area contributed by atoms with Crippen LogP contribution in [0.5, 0.6) is 5.75 Å². The van der Waals surface area contributed by atoms with Gasteiger partial charge in [-0.2, -0.15) is 0 Å². The zero-order valence-corrected chi connectivity index (χ0v) is 38.0. The molecule has 0 aliphatic heterocycles. The molecule has 4 nitrogen and oxygen atoms in total. The van der Waals surface area contributed by atoms with E-state index in [1.165, 1.54) is 12.1 Å². The Morgan fingerprint density at radius 3 is 1.95 bits per heavy atom. The van der Waals surface area contributed by atoms with Gasteiger partial charge in [-0.3, -0.25) is 9.55 Å². The third-order valence-corrected chi connectivity index (χ3v) is 11.4. The van der Waals surface area contributed by atoms with Crippen LogP contribution in [-0.2, 0) is 31.9 Å². The largest absolute Gasteiger partial charge is 0.507 e. The van der Waals surface area contributed by atoms with Gasteiger partial charge in [0, 0.05) is 56.4 Å². The Bertz CT molecular complexity index is 3410. The van der Waals surface area contributed by atoms with E-state index >= 15 is 0 Å². The molecule has 2 heterocycles. The number of aryl methyl sites for hydroxylation is 2. The Labute approximate surface area is 399 Å². The summed E-state index contributed by atoms with van der Waals surface area (Å²) >= 11 is 0. The van der Waals surface area contributed by atoms with Crippen molar-refractivity contribution in [3.8, 4) is 78.6 Å². The first-order valence-electron chi connectivity index (χ1n) is 25.2. The fourth-order valence-corrected chi connectivity index (χ4v) is 8.23. The number of benzene rings is 7. The fraction of sp³-hybridized carbons (Fsp3) is 0.172. The maximum absolute atomic E-state index is 12.4. The van der Waals surface area contributed by atoms with E-state index in [0.29, 0.717) is 55.9 Å². The second-order valence-corrected chi connectivity index (χ2v) is 17.1. The van der Waals surface area contributed by atoms with Crippen LogP contribution in [0.1, 0.15) is 75.9 Å². The molecule has 1 N–H and O–H groups in total. The van der Waals surface area contributed by atoms with Crippen LogP contribution >= 0.6 is 0 Å². The Hall–Kier alpha value is -6.35. The van der Waals surface area contributed by atoms with E-state index in [9.17, 15) is 5.11 Å². The van der Waals surface area contributed by atoms with E-state index in [2.05, 4.69) is 55.5 Å². The summed E-state index contributed by atoms with van der Waals surface area (Å²) in [5, 5.41) is 12.4. The molecule has 7 aromatic carbocycles. The minimum absolute atomic E-state index is 0. The Morgan fingerprint density at radius 1 is 0.571 bits per heavy atom. The van der Waals surface area contributed by atoms with Crippen molar-refractivity contribution in [3.05, 3.63) is 192 Å².